The Balaban J connectivity index is 1.42. The molecule has 1 saturated carbocycles. The van der Waals surface area contributed by atoms with E-state index in [0.29, 0.717) is 29.2 Å². The minimum absolute atomic E-state index is 0.0679. The first kappa shape index (κ1) is 21.8. The summed E-state index contributed by atoms with van der Waals surface area (Å²) in [7, 11) is 0. The van der Waals surface area contributed by atoms with Crippen molar-refractivity contribution in [1.29, 1.82) is 0 Å². The number of hydrogen-bond donors (Lipinski definition) is 1. The quantitative estimate of drug-likeness (QED) is 0.486. The van der Waals surface area contributed by atoms with Crippen LogP contribution in [0.4, 0.5) is 5.69 Å². The van der Waals surface area contributed by atoms with E-state index >= 15 is 0 Å². The van der Waals surface area contributed by atoms with E-state index in [9.17, 15) is 9.90 Å². The third-order valence-corrected chi connectivity index (χ3v) is 7.22. The maximum absolute atomic E-state index is 12.4. The Bertz CT molecular complexity index is 1210. The van der Waals surface area contributed by atoms with Crippen LogP contribution in [0.15, 0.2) is 64.8 Å². The fourth-order valence-corrected chi connectivity index (χ4v) is 6.35. The molecule has 0 radical (unpaired) electrons. The van der Waals surface area contributed by atoms with Gasteiger partial charge in [-0.25, -0.2) is 0 Å². The number of amides is 1. The second-order valence-electron chi connectivity index (χ2n) is 11.0. The normalized spacial score (nSPS) is 24.6. The van der Waals surface area contributed by atoms with Gasteiger partial charge in [-0.15, -0.1) is 10.2 Å². The average Bonchev–Trinajstić information content (AvgIpc) is 3.16. The zero-order valence-corrected chi connectivity index (χ0v) is 19.7. The molecule has 6 heteroatoms. The molecule has 2 aliphatic rings. The van der Waals surface area contributed by atoms with Gasteiger partial charge in [0, 0.05) is 18.0 Å². The standard InChI is InChI=1S/C27H32N4O2/c1-26(2)14-20-15-27(3,16-26)17-30(20)18-31-22-12-8-7-11-21(22)24(25(31)33)29-28-23(32)13-19-9-5-4-6-10-19/h4-12,20,33H,13-18H2,1-3H3/t20-,27-/m1/s1. The molecule has 1 aliphatic carbocycles. The van der Waals surface area contributed by atoms with Gasteiger partial charge in [0.1, 0.15) is 0 Å². The molecule has 1 aliphatic heterocycles. The summed E-state index contributed by atoms with van der Waals surface area (Å²) in [4.78, 5) is 14.9. The number of benzene rings is 2. The molecule has 2 aromatic carbocycles. The lowest BCUT2D eigenvalue weighted by Gasteiger charge is -2.40. The predicted octanol–water partition coefficient (Wildman–Crippen LogP) is 6.06. The second-order valence-corrected chi connectivity index (χ2v) is 11.0. The van der Waals surface area contributed by atoms with Crippen LogP contribution in [0.1, 0.15) is 45.6 Å². The number of carbonyl (C=O) groups is 1. The molecule has 1 saturated heterocycles. The van der Waals surface area contributed by atoms with E-state index < -0.39 is 0 Å². The molecule has 0 unspecified atom stereocenters. The minimum Gasteiger partial charge on any atom is -0.493 e. The Labute approximate surface area is 194 Å². The maximum atomic E-state index is 12.4. The van der Waals surface area contributed by atoms with Crippen molar-refractivity contribution in [1.82, 2.24) is 9.47 Å². The zero-order chi connectivity index (χ0) is 23.2. The summed E-state index contributed by atoms with van der Waals surface area (Å²) in [5.41, 5.74) is 2.82. The highest BCUT2D eigenvalue weighted by Gasteiger charge is 2.49. The van der Waals surface area contributed by atoms with Crippen molar-refractivity contribution in [2.24, 2.45) is 21.1 Å². The highest BCUT2D eigenvalue weighted by molar-refractivity contribution is 5.95. The Morgan fingerprint density at radius 2 is 1.79 bits per heavy atom. The Kier molecular flexibility index (Phi) is 5.36. The summed E-state index contributed by atoms with van der Waals surface area (Å²) in [6.45, 7) is 8.77. The number of fused-ring (bicyclic) bond motifs is 3. The molecule has 1 N–H and O–H groups in total. The predicted molar refractivity (Wildman–Crippen MR) is 130 cm³/mol. The number of aromatic nitrogens is 1. The van der Waals surface area contributed by atoms with E-state index in [4.69, 9.17) is 0 Å². The van der Waals surface area contributed by atoms with Crippen LogP contribution >= 0.6 is 0 Å². The van der Waals surface area contributed by atoms with Gasteiger partial charge < -0.3 is 5.11 Å². The molecule has 2 fully saturated rings. The van der Waals surface area contributed by atoms with E-state index in [1.54, 1.807) is 0 Å². The van der Waals surface area contributed by atoms with Crippen molar-refractivity contribution in [3.05, 3.63) is 60.2 Å². The third-order valence-electron chi connectivity index (χ3n) is 7.22. The van der Waals surface area contributed by atoms with E-state index in [-0.39, 0.29) is 18.2 Å². The van der Waals surface area contributed by atoms with Crippen molar-refractivity contribution < 1.29 is 9.90 Å². The van der Waals surface area contributed by atoms with Gasteiger partial charge in [0.25, 0.3) is 5.91 Å². The largest absolute Gasteiger partial charge is 0.493 e. The van der Waals surface area contributed by atoms with Crippen molar-refractivity contribution in [3.8, 4) is 5.88 Å². The molecule has 2 heterocycles. The monoisotopic (exact) mass is 444 g/mol. The summed E-state index contributed by atoms with van der Waals surface area (Å²) < 4.78 is 1.92. The molecule has 172 valence electrons. The van der Waals surface area contributed by atoms with E-state index in [1.807, 2.05) is 59.2 Å². The van der Waals surface area contributed by atoms with Crippen molar-refractivity contribution in [2.45, 2.75) is 59.2 Å². The van der Waals surface area contributed by atoms with Gasteiger partial charge in [-0.05, 0) is 41.7 Å². The van der Waals surface area contributed by atoms with Crippen LogP contribution < -0.4 is 0 Å². The van der Waals surface area contributed by atoms with Gasteiger partial charge in [0.05, 0.1) is 18.6 Å². The highest BCUT2D eigenvalue weighted by atomic mass is 16.3. The van der Waals surface area contributed by atoms with Crippen LogP contribution in [0.2, 0.25) is 0 Å². The van der Waals surface area contributed by atoms with E-state index in [1.165, 1.54) is 19.3 Å². The molecule has 0 spiro atoms. The van der Waals surface area contributed by atoms with E-state index in [2.05, 4.69) is 35.9 Å². The first-order valence-electron chi connectivity index (χ1n) is 11.8. The smallest absolute Gasteiger partial charge is 0.269 e. The number of aromatic hydroxyl groups is 1. The topological polar surface area (TPSA) is 70.2 Å². The SMILES string of the molecule is CC1(C)C[C@@H]2C[C@@](C)(CN2Cn2c(O)c(N=NC(=O)Cc3ccccc3)c3ccccc32)C1. The fraction of sp³-hybridized carbons (Fsp3) is 0.444. The van der Waals surface area contributed by atoms with Gasteiger partial charge >= 0.3 is 0 Å². The van der Waals surface area contributed by atoms with Crippen LogP contribution in [0, 0.1) is 10.8 Å². The van der Waals surface area contributed by atoms with E-state index in [0.717, 1.165) is 23.0 Å². The number of hydrogen-bond acceptors (Lipinski definition) is 4. The molecule has 5 rings (SSSR count). The van der Waals surface area contributed by atoms with Crippen LogP contribution in [-0.4, -0.2) is 33.1 Å². The summed E-state index contributed by atoms with van der Waals surface area (Å²) in [6.07, 6.45) is 3.79. The van der Waals surface area contributed by atoms with Crippen molar-refractivity contribution in [3.63, 3.8) is 0 Å². The number of azo groups is 1. The van der Waals surface area contributed by atoms with Gasteiger partial charge in [0.2, 0.25) is 5.88 Å². The average molecular weight is 445 g/mol. The zero-order valence-electron chi connectivity index (χ0n) is 19.7. The lowest BCUT2D eigenvalue weighted by Crippen LogP contribution is -2.35. The molecule has 1 amide bonds. The lowest BCUT2D eigenvalue weighted by atomic mass is 9.65. The summed E-state index contributed by atoms with van der Waals surface area (Å²) >= 11 is 0. The van der Waals surface area contributed by atoms with Crippen LogP contribution in [0.5, 0.6) is 5.88 Å². The molecular formula is C27H32N4O2. The Morgan fingerprint density at radius 1 is 1.06 bits per heavy atom. The van der Waals surface area contributed by atoms with Crippen molar-refractivity contribution >= 4 is 22.5 Å². The summed E-state index contributed by atoms with van der Waals surface area (Å²) in [5, 5.41) is 20.1. The van der Waals surface area contributed by atoms with Gasteiger partial charge in [0.15, 0.2) is 5.69 Å². The number of nitrogens with zero attached hydrogens (tertiary/aromatic N) is 4. The molecular weight excluding hydrogens is 412 g/mol. The first-order chi connectivity index (χ1) is 15.7. The Morgan fingerprint density at radius 3 is 2.58 bits per heavy atom. The first-order valence-corrected chi connectivity index (χ1v) is 11.8. The Hall–Kier alpha value is -2.99. The van der Waals surface area contributed by atoms with Crippen LogP contribution in [0.3, 0.4) is 0 Å². The highest BCUT2D eigenvalue weighted by Crippen LogP contribution is 2.53. The van der Waals surface area contributed by atoms with Crippen LogP contribution in [0.25, 0.3) is 10.9 Å². The van der Waals surface area contributed by atoms with Gasteiger partial charge in [-0.1, -0.05) is 69.3 Å². The summed E-state index contributed by atoms with van der Waals surface area (Å²) in [6, 6.07) is 17.8. The molecule has 3 aromatic rings. The van der Waals surface area contributed by atoms with Gasteiger partial charge in [-0.2, -0.15) is 0 Å². The van der Waals surface area contributed by atoms with Gasteiger partial charge in [-0.3, -0.25) is 14.3 Å². The van der Waals surface area contributed by atoms with Crippen LogP contribution in [-0.2, 0) is 17.9 Å². The minimum atomic E-state index is -0.332. The lowest BCUT2D eigenvalue weighted by molar-refractivity contribution is -0.117. The number of likely N-dealkylation sites (tertiary alicyclic amines) is 1. The molecule has 1 aromatic heterocycles. The number of rotatable bonds is 5. The molecule has 2 bridgehead atoms. The third kappa shape index (κ3) is 4.32. The number of para-hydroxylation sites is 1. The molecule has 6 nitrogen and oxygen atoms in total. The fourth-order valence-electron chi connectivity index (χ4n) is 6.35. The molecule has 2 atom stereocenters. The maximum Gasteiger partial charge on any atom is 0.269 e. The van der Waals surface area contributed by atoms with Crippen molar-refractivity contribution in [2.75, 3.05) is 6.54 Å². The molecule has 33 heavy (non-hydrogen) atoms. The summed E-state index contributed by atoms with van der Waals surface area (Å²) in [5.74, 6) is -0.265. The second kappa shape index (κ2) is 8.10. The number of carbonyl (C=O) groups excluding carboxylic acids is 1.